The maximum atomic E-state index is 12.5. The molecule has 1 aromatic heterocycles. The van der Waals surface area contributed by atoms with E-state index in [2.05, 4.69) is 40.6 Å². The molecule has 0 atom stereocenters. The van der Waals surface area contributed by atoms with Gasteiger partial charge in [0.25, 0.3) is 0 Å². The smallest absolute Gasteiger partial charge is 0.335 e. The van der Waals surface area contributed by atoms with Crippen LogP contribution in [0.4, 0.5) is 5.69 Å². The molecule has 0 radical (unpaired) electrons. The third-order valence-corrected chi connectivity index (χ3v) is 6.03. The SMILES string of the molecule is Cc1nc(Cc2cccc3ccccc23)sc1CC(=O)Nc1cccc(C(=O)O)c1. The molecular formula is C24H20N2O3S. The first-order chi connectivity index (χ1) is 14.5. The number of aromatic nitrogens is 1. The van der Waals surface area contributed by atoms with Crippen LogP contribution in [-0.2, 0) is 17.6 Å². The van der Waals surface area contributed by atoms with Gasteiger partial charge < -0.3 is 10.4 Å². The van der Waals surface area contributed by atoms with Crippen LogP contribution in [0.2, 0.25) is 0 Å². The molecular weight excluding hydrogens is 396 g/mol. The Balaban J connectivity index is 1.48. The first-order valence-electron chi connectivity index (χ1n) is 9.54. The predicted molar refractivity (Wildman–Crippen MR) is 119 cm³/mol. The van der Waals surface area contributed by atoms with Crippen LogP contribution < -0.4 is 5.32 Å². The normalized spacial score (nSPS) is 10.8. The van der Waals surface area contributed by atoms with E-state index in [1.165, 1.54) is 28.5 Å². The Morgan fingerprint density at radius 3 is 2.63 bits per heavy atom. The molecule has 3 aromatic carbocycles. The van der Waals surface area contributed by atoms with Crippen molar-refractivity contribution in [2.45, 2.75) is 19.8 Å². The van der Waals surface area contributed by atoms with Crippen LogP contribution in [0, 0.1) is 6.92 Å². The minimum absolute atomic E-state index is 0.138. The number of aromatic carboxylic acids is 1. The van der Waals surface area contributed by atoms with E-state index in [4.69, 9.17) is 5.11 Å². The van der Waals surface area contributed by atoms with Crippen molar-refractivity contribution in [3.8, 4) is 0 Å². The number of carboxylic acids is 1. The number of aryl methyl sites for hydroxylation is 1. The number of hydrogen-bond donors (Lipinski definition) is 2. The van der Waals surface area contributed by atoms with Gasteiger partial charge in [0.05, 0.1) is 22.7 Å². The molecule has 0 spiro atoms. The fourth-order valence-corrected chi connectivity index (χ4v) is 4.51. The maximum absolute atomic E-state index is 12.5. The van der Waals surface area contributed by atoms with Crippen molar-refractivity contribution >= 4 is 39.7 Å². The second kappa shape index (κ2) is 8.47. The second-order valence-electron chi connectivity index (χ2n) is 7.04. The lowest BCUT2D eigenvalue weighted by Crippen LogP contribution is -2.14. The van der Waals surface area contributed by atoms with Crippen LogP contribution in [0.1, 0.15) is 31.5 Å². The van der Waals surface area contributed by atoms with Crippen LogP contribution in [-0.4, -0.2) is 22.0 Å². The van der Waals surface area contributed by atoms with Gasteiger partial charge in [0.15, 0.2) is 0 Å². The van der Waals surface area contributed by atoms with Crippen molar-refractivity contribution in [3.63, 3.8) is 0 Å². The van der Waals surface area contributed by atoms with Gasteiger partial charge in [0, 0.05) is 17.0 Å². The summed E-state index contributed by atoms with van der Waals surface area (Å²) < 4.78 is 0. The van der Waals surface area contributed by atoms with E-state index >= 15 is 0 Å². The monoisotopic (exact) mass is 416 g/mol. The van der Waals surface area contributed by atoms with E-state index in [-0.39, 0.29) is 17.9 Å². The number of thiazole rings is 1. The number of nitrogens with zero attached hydrogens (tertiary/aromatic N) is 1. The third kappa shape index (κ3) is 4.39. The average Bonchev–Trinajstić information content (AvgIpc) is 3.07. The van der Waals surface area contributed by atoms with Gasteiger partial charge in [0.2, 0.25) is 5.91 Å². The van der Waals surface area contributed by atoms with Crippen molar-refractivity contribution in [2.75, 3.05) is 5.32 Å². The Morgan fingerprint density at radius 2 is 1.80 bits per heavy atom. The van der Waals surface area contributed by atoms with Gasteiger partial charge in [-0.25, -0.2) is 9.78 Å². The van der Waals surface area contributed by atoms with Gasteiger partial charge in [-0.3, -0.25) is 4.79 Å². The highest BCUT2D eigenvalue weighted by molar-refractivity contribution is 7.11. The second-order valence-corrected chi connectivity index (χ2v) is 8.21. The average molecular weight is 417 g/mol. The predicted octanol–water partition coefficient (Wildman–Crippen LogP) is 5.07. The lowest BCUT2D eigenvalue weighted by molar-refractivity contribution is -0.115. The van der Waals surface area contributed by atoms with Gasteiger partial charge in [-0.2, -0.15) is 0 Å². The minimum atomic E-state index is -1.03. The summed E-state index contributed by atoms with van der Waals surface area (Å²) in [5, 5.41) is 15.2. The first kappa shape index (κ1) is 19.8. The summed E-state index contributed by atoms with van der Waals surface area (Å²) in [7, 11) is 0. The number of benzene rings is 3. The highest BCUT2D eigenvalue weighted by atomic mass is 32.1. The van der Waals surface area contributed by atoms with Crippen LogP contribution in [0.5, 0.6) is 0 Å². The molecule has 150 valence electrons. The van der Waals surface area contributed by atoms with Gasteiger partial charge in [0.1, 0.15) is 0 Å². The summed E-state index contributed by atoms with van der Waals surface area (Å²) in [4.78, 5) is 29.2. The minimum Gasteiger partial charge on any atom is -0.478 e. The van der Waals surface area contributed by atoms with E-state index in [1.54, 1.807) is 23.5 Å². The van der Waals surface area contributed by atoms with E-state index in [9.17, 15) is 9.59 Å². The molecule has 2 N–H and O–H groups in total. The standard InChI is InChI=1S/C24H20N2O3S/c1-15-21(14-22(27)26-19-10-5-9-18(12-19)24(28)29)30-23(25-15)13-17-8-4-7-16-6-2-3-11-20(16)17/h2-12H,13-14H2,1H3,(H,26,27)(H,28,29). The molecule has 30 heavy (non-hydrogen) atoms. The molecule has 4 aromatic rings. The molecule has 0 aliphatic carbocycles. The Hall–Kier alpha value is -3.51. The highest BCUT2D eigenvalue weighted by Gasteiger charge is 2.14. The molecule has 0 fully saturated rings. The lowest BCUT2D eigenvalue weighted by Gasteiger charge is -2.05. The zero-order chi connectivity index (χ0) is 21.1. The van der Waals surface area contributed by atoms with Gasteiger partial charge in [-0.05, 0) is 41.5 Å². The molecule has 0 unspecified atom stereocenters. The van der Waals surface area contributed by atoms with Crippen molar-refractivity contribution in [1.82, 2.24) is 4.98 Å². The lowest BCUT2D eigenvalue weighted by atomic mass is 10.0. The molecule has 1 heterocycles. The summed E-state index contributed by atoms with van der Waals surface area (Å²) in [5.74, 6) is -1.22. The Kier molecular flexibility index (Phi) is 5.59. The summed E-state index contributed by atoms with van der Waals surface area (Å²) in [5.41, 5.74) is 2.67. The summed E-state index contributed by atoms with van der Waals surface area (Å²) in [6, 6.07) is 20.8. The number of rotatable bonds is 6. The molecule has 6 heteroatoms. The fourth-order valence-electron chi connectivity index (χ4n) is 3.42. The van der Waals surface area contributed by atoms with Crippen LogP contribution in [0.3, 0.4) is 0 Å². The molecule has 0 bridgehead atoms. The number of amides is 1. The van der Waals surface area contributed by atoms with Gasteiger partial charge >= 0.3 is 5.97 Å². The van der Waals surface area contributed by atoms with Crippen molar-refractivity contribution in [2.24, 2.45) is 0 Å². The first-order valence-corrected chi connectivity index (χ1v) is 10.4. The highest BCUT2D eigenvalue weighted by Crippen LogP contribution is 2.25. The quantitative estimate of drug-likeness (QED) is 0.460. The number of hydrogen-bond acceptors (Lipinski definition) is 4. The summed E-state index contributed by atoms with van der Waals surface area (Å²) in [6.07, 6.45) is 0.922. The van der Waals surface area contributed by atoms with E-state index < -0.39 is 5.97 Å². The molecule has 4 rings (SSSR count). The van der Waals surface area contributed by atoms with Crippen LogP contribution in [0.15, 0.2) is 66.7 Å². The van der Waals surface area contributed by atoms with Crippen molar-refractivity contribution < 1.29 is 14.7 Å². The maximum Gasteiger partial charge on any atom is 0.335 e. The number of carbonyl (C=O) groups excluding carboxylic acids is 1. The van der Waals surface area contributed by atoms with E-state index in [0.29, 0.717) is 5.69 Å². The fraction of sp³-hybridized carbons (Fsp3) is 0.125. The third-order valence-electron chi connectivity index (χ3n) is 4.87. The molecule has 0 saturated heterocycles. The molecule has 1 amide bonds. The number of nitrogens with one attached hydrogen (secondary N) is 1. The zero-order valence-corrected chi connectivity index (χ0v) is 17.2. The molecule has 0 aliphatic rings. The Morgan fingerprint density at radius 1 is 1.03 bits per heavy atom. The molecule has 0 aliphatic heterocycles. The Bertz CT molecular complexity index is 1240. The summed E-state index contributed by atoms with van der Waals surface area (Å²) >= 11 is 1.54. The van der Waals surface area contributed by atoms with E-state index in [1.807, 2.05) is 19.1 Å². The number of carbonyl (C=O) groups is 2. The number of fused-ring (bicyclic) bond motifs is 1. The summed E-state index contributed by atoms with van der Waals surface area (Å²) in [6.45, 7) is 1.91. The largest absolute Gasteiger partial charge is 0.478 e. The number of anilines is 1. The molecule has 5 nitrogen and oxygen atoms in total. The van der Waals surface area contributed by atoms with E-state index in [0.717, 1.165) is 22.0 Å². The topological polar surface area (TPSA) is 79.3 Å². The number of carboxylic acid groups (broad SMARTS) is 1. The Labute approximate surface area is 178 Å². The molecule has 0 saturated carbocycles. The van der Waals surface area contributed by atoms with Crippen molar-refractivity contribution in [1.29, 1.82) is 0 Å². The van der Waals surface area contributed by atoms with Crippen LogP contribution in [0.25, 0.3) is 10.8 Å². The van der Waals surface area contributed by atoms with Crippen molar-refractivity contribution in [3.05, 3.63) is 93.4 Å². The van der Waals surface area contributed by atoms with Crippen LogP contribution >= 0.6 is 11.3 Å². The van der Waals surface area contributed by atoms with Gasteiger partial charge in [-0.15, -0.1) is 11.3 Å². The van der Waals surface area contributed by atoms with Gasteiger partial charge in [-0.1, -0.05) is 48.5 Å². The zero-order valence-electron chi connectivity index (χ0n) is 16.4.